The maximum Gasteiger partial charge on any atom is 0.237 e. The Morgan fingerprint density at radius 2 is 1.97 bits per heavy atom. The molecule has 2 amide bonds. The summed E-state index contributed by atoms with van der Waals surface area (Å²) in [6.45, 7) is 5.04. The quantitative estimate of drug-likeness (QED) is 0.472. The minimum atomic E-state index is -0.493. The fourth-order valence-corrected chi connectivity index (χ4v) is 4.06. The fraction of sp³-hybridized carbons (Fsp3) is 0.409. The molecule has 1 aliphatic heterocycles. The number of rotatable bonds is 7. The highest BCUT2D eigenvalue weighted by Gasteiger charge is 2.40. The second-order valence-corrected chi connectivity index (χ2v) is 7.87. The number of likely N-dealkylation sites (tertiary alicyclic amines) is 1. The number of carbonyl (C=O) groups excluding carboxylic acids is 2. The molecule has 0 spiro atoms. The summed E-state index contributed by atoms with van der Waals surface area (Å²) in [6.07, 6.45) is 0.585. The van der Waals surface area contributed by atoms with E-state index in [9.17, 15) is 9.59 Å². The molecule has 1 aliphatic rings. The zero-order valence-electron chi connectivity index (χ0n) is 18.3. The van der Waals surface area contributed by atoms with Gasteiger partial charge in [-0.1, -0.05) is 30.3 Å². The minimum absolute atomic E-state index is 0. The zero-order chi connectivity index (χ0) is 21.8. The summed E-state index contributed by atoms with van der Waals surface area (Å²) in [5.41, 5.74) is 20.9. The zero-order valence-corrected chi connectivity index (χ0v) is 19.9. The predicted molar refractivity (Wildman–Crippen MR) is 131 cm³/mol. The van der Waals surface area contributed by atoms with E-state index in [1.165, 1.54) is 0 Å². The van der Waals surface area contributed by atoms with Gasteiger partial charge in [0.05, 0.1) is 12.1 Å². The van der Waals surface area contributed by atoms with Gasteiger partial charge in [-0.05, 0) is 48.9 Å². The number of aryl methyl sites for hydroxylation is 1. The third-order valence-corrected chi connectivity index (χ3v) is 5.87. The number of nitrogens with two attached hydrogens (primary N) is 3. The fourth-order valence-electron chi connectivity index (χ4n) is 4.06. The first-order valence-corrected chi connectivity index (χ1v) is 10.1. The lowest BCUT2D eigenvalue weighted by atomic mass is 9.95. The Labute approximate surface area is 201 Å². The van der Waals surface area contributed by atoms with Gasteiger partial charge < -0.3 is 22.5 Å². The summed E-state index contributed by atoms with van der Waals surface area (Å²) in [5.74, 6) is -0.00519. The Morgan fingerprint density at radius 1 is 1.25 bits per heavy atom. The minimum Gasteiger partial charge on any atom is -0.384 e. The Kier molecular flexibility index (Phi) is 10.4. The van der Waals surface area contributed by atoms with Crippen LogP contribution in [0.3, 0.4) is 0 Å². The molecule has 1 fully saturated rings. The van der Waals surface area contributed by atoms with Crippen LogP contribution in [0.2, 0.25) is 0 Å². The van der Waals surface area contributed by atoms with Gasteiger partial charge in [-0.2, -0.15) is 0 Å². The van der Waals surface area contributed by atoms with Crippen LogP contribution in [0.15, 0.2) is 36.4 Å². The van der Waals surface area contributed by atoms with Crippen molar-refractivity contribution in [2.24, 2.45) is 11.5 Å². The highest BCUT2D eigenvalue weighted by atomic mass is 35.5. The molecule has 2 unspecified atom stereocenters. The number of hydrogen-bond donors (Lipinski definition) is 4. The maximum atomic E-state index is 12.8. The molecule has 1 aromatic carbocycles. The number of aromatic nitrogens is 1. The summed E-state index contributed by atoms with van der Waals surface area (Å²) >= 11 is 0. The van der Waals surface area contributed by atoms with Crippen molar-refractivity contribution >= 4 is 42.4 Å². The average Bonchev–Trinajstić information content (AvgIpc) is 3.18. The number of primary amides is 1. The van der Waals surface area contributed by atoms with E-state index < -0.39 is 18.0 Å². The van der Waals surface area contributed by atoms with Crippen molar-refractivity contribution in [3.63, 3.8) is 0 Å². The molecule has 10 heteroatoms. The van der Waals surface area contributed by atoms with Crippen LogP contribution in [0.25, 0.3) is 0 Å². The molecule has 3 rings (SSSR count). The van der Waals surface area contributed by atoms with Gasteiger partial charge in [-0.25, -0.2) is 4.98 Å². The molecule has 176 valence electrons. The molecule has 2 heterocycles. The first-order valence-electron chi connectivity index (χ1n) is 10.1. The van der Waals surface area contributed by atoms with Crippen LogP contribution < -0.4 is 22.5 Å². The van der Waals surface area contributed by atoms with Crippen LogP contribution in [0.1, 0.15) is 41.6 Å². The lowest BCUT2D eigenvalue weighted by Gasteiger charge is -2.28. The second-order valence-electron chi connectivity index (χ2n) is 7.87. The van der Waals surface area contributed by atoms with E-state index in [-0.39, 0.29) is 36.6 Å². The van der Waals surface area contributed by atoms with E-state index in [4.69, 9.17) is 17.2 Å². The van der Waals surface area contributed by atoms with Crippen molar-refractivity contribution in [1.29, 1.82) is 0 Å². The van der Waals surface area contributed by atoms with Crippen LogP contribution >= 0.6 is 24.8 Å². The molecule has 32 heavy (non-hydrogen) atoms. The van der Waals surface area contributed by atoms with Crippen LogP contribution in [-0.4, -0.2) is 40.3 Å². The molecule has 0 saturated carbocycles. The lowest BCUT2D eigenvalue weighted by molar-refractivity contribution is -0.129. The highest BCUT2D eigenvalue weighted by molar-refractivity contribution is 5.86. The van der Waals surface area contributed by atoms with Gasteiger partial charge in [0.15, 0.2) is 0 Å². The summed E-state index contributed by atoms with van der Waals surface area (Å²) in [5, 5.41) is 2.94. The van der Waals surface area contributed by atoms with Crippen molar-refractivity contribution in [1.82, 2.24) is 15.2 Å². The maximum absolute atomic E-state index is 12.8. The molecule has 1 aromatic heterocycles. The number of hydrogen-bond acceptors (Lipinski definition) is 6. The van der Waals surface area contributed by atoms with E-state index in [0.717, 1.165) is 22.4 Å². The number of carbonyl (C=O) groups is 2. The SMILES string of the molecule is Cc1nc(N)ccc1CNC(=O)[C@H](C)N1CC(c2cccc(CN)c2)CC1C(N)=O.Cl.Cl. The molecule has 0 bridgehead atoms. The average molecular weight is 483 g/mol. The van der Waals surface area contributed by atoms with Crippen molar-refractivity contribution in [2.75, 3.05) is 12.3 Å². The van der Waals surface area contributed by atoms with Gasteiger partial charge in [0.2, 0.25) is 11.8 Å². The van der Waals surface area contributed by atoms with Crippen molar-refractivity contribution in [3.05, 3.63) is 58.8 Å². The Morgan fingerprint density at radius 3 is 2.59 bits per heavy atom. The van der Waals surface area contributed by atoms with E-state index >= 15 is 0 Å². The van der Waals surface area contributed by atoms with Crippen LogP contribution in [0.5, 0.6) is 0 Å². The molecular weight excluding hydrogens is 451 g/mol. The van der Waals surface area contributed by atoms with Crippen molar-refractivity contribution in [3.8, 4) is 0 Å². The summed E-state index contributed by atoms with van der Waals surface area (Å²) < 4.78 is 0. The third kappa shape index (κ3) is 6.32. The molecular formula is C22H32Cl2N6O2. The summed E-state index contributed by atoms with van der Waals surface area (Å²) in [6, 6.07) is 10.6. The van der Waals surface area contributed by atoms with Gasteiger partial charge in [0, 0.05) is 25.3 Å². The first kappa shape index (κ1) is 27.6. The Hall–Kier alpha value is -2.39. The number of nitrogens with zero attached hydrogens (tertiary/aromatic N) is 2. The van der Waals surface area contributed by atoms with Crippen LogP contribution in [-0.2, 0) is 22.7 Å². The monoisotopic (exact) mass is 482 g/mol. The first-order chi connectivity index (χ1) is 14.3. The van der Waals surface area contributed by atoms with Crippen molar-refractivity contribution < 1.29 is 9.59 Å². The molecule has 2 aromatic rings. The van der Waals surface area contributed by atoms with E-state index in [1.54, 1.807) is 13.0 Å². The molecule has 0 radical (unpaired) electrons. The summed E-state index contributed by atoms with van der Waals surface area (Å²) in [7, 11) is 0. The molecule has 7 N–H and O–H groups in total. The number of benzene rings is 1. The number of anilines is 1. The Balaban J connectivity index is 0.00000256. The van der Waals surface area contributed by atoms with Gasteiger partial charge in [0.25, 0.3) is 0 Å². The number of nitrogen functional groups attached to an aromatic ring is 1. The summed E-state index contributed by atoms with van der Waals surface area (Å²) in [4.78, 5) is 31.0. The van der Waals surface area contributed by atoms with E-state index in [1.807, 2.05) is 36.1 Å². The largest absolute Gasteiger partial charge is 0.384 e. The number of nitrogens with one attached hydrogen (secondary N) is 1. The standard InChI is InChI=1S/C22H30N6O2.2ClH/c1-13-17(6-7-20(24)27-13)11-26-22(30)14(2)28-12-18(9-19(28)21(25)29)16-5-3-4-15(8-16)10-23;;/h3-8,14,18-19H,9-12,23H2,1-2H3,(H2,24,27)(H2,25,29)(H,26,30);2*1H/t14-,18?,19?;;/m0../s1. The Bertz CT molecular complexity index is 942. The topological polar surface area (TPSA) is 140 Å². The second kappa shape index (κ2) is 12.0. The molecule has 3 atom stereocenters. The third-order valence-electron chi connectivity index (χ3n) is 5.87. The van der Waals surface area contributed by atoms with Crippen LogP contribution in [0.4, 0.5) is 5.82 Å². The van der Waals surface area contributed by atoms with E-state index in [0.29, 0.717) is 31.9 Å². The molecule has 0 aliphatic carbocycles. The molecule has 1 saturated heterocycles. The predicted octanol–water partition coefficient (Wildman–Crippen LogP) is 1.62. The lowest BCUT2D eigenvalue weighted by Crippen LogP contribution is -2.51. The van der Waals surface area contributed by atoms with Gasteiger partial charge >= 0.3 is 0 Å². The number of pyridine rings is 1. The smallest absolute Gasteiger partial charge is 0.237 e. The van der Waals surface area contributed by atoms with Gasteiger partial charge in [-0.15, -0.1) is 24.8 Å². The van der Waals surface area contributed by atoms with E-state index in [2.05, 4.69) is 16.4 Å². The van der Waals surface area contributed by atoms with Gasteiger partial charge in [-0.3, -0.25) is 14.5 Å². The number of halogens is 2. The van der Waals surface area contributed by atoms with Gasteiger partial charge in [0.1, 0.15) is 5.82 Å². The molecule has 8 nitrogen and oxygen atoms in total. The number of amides is 2. The van der Waals surface area contributed by atoms with Crippen LogP contribution in [0, 0.1) is 6.92 Å². The highest BCUT2D eigenvalue weighted by Crippen LogP contribution is 2.33. The normalized spacial score (nSPS) is 18.8. The van der Waals surface area contributed by atoms with Crippen molar-refractivity contribution in [2.45, 2.75) is 51.4 Å².